The Labute approximate surface area is 183 Å². The average Bonchev–Trinajstić information content (AvgIpc) is 3.18. The quantitative estimate of drug-likeness (QED) is 0.557. The van der Waals surface area contributed by atoms with E-state index in [-0.39, 0.29) is 17.9 Å². The molecule has 3 rings (SSSR count). The zero-order chi connectivity index (χ0) is 22.4. The average molecular weight is 439 g/mol. The molecule has 0 aliphatic heterocycles. The molecule has 8 nitrogen and oxygen atoms in total. The van der Waals surface area contributed by atoms with Crippen LogP contribution in [0.4, 0.5) is 5.00 Å². The highest BCUT2D eigenvalue weighted by Gasteiger charge is 2.26. The van der Waals surface area contributed by atoms with Gasteiger partial charge in [0, 0.05) is 17.1 Å². The van der Waals surface area contributed by atoms with Gasteiger partial charge in [-0.3, -0.25) is 9.78 Å². The number of nitrogens with one attached hydrogen (secondary N) is 1. The number of amides is 1. The van der Waals surface area contributed by atoms with Crippen LogP contribution in [0.15, 0.2) is 48.1 Å². The largest absolute Gasteiger partial charge is 0.462 e. The Hall–Kier alpha value is -3.59. The number of aryl methyl sites for hydroxylation is 1. The number of thiophene rings is 1. The number of nitrogens with zero attached hydrogens (tertiary/aromatic N) is 2. The SMILES string of the molecule is CCOC(=O)c1c(-c2ccccc2)csc1NC(=O)C(C)OC(=O)c1cnc(C)cn1. The number of esters is 2. The van der Waals surface area contributed by atoms with Crippen LogP contribution in [0.1, 0.15) is 40.4 Å². The van der Waals surface area contributed by atoms with Crippen molar-refractivity contribution in [2.45, 2.75) is 26.9 Å². The third-order valence-electron chi connectivity index (χ3n) is 4.24. The summed E-state index contributed by atoms with van der Waals surface area (Å²) in [6.45, 7) is 5.08. The van der Waals surface area contributed by atoms with Gasteiger partial charge < -0.3 is 14.8 Å². The van der Waals surface area contributed by atoms with E-state index >= 15 is 0 Å². The number of hydrogen-bond acceptors (Lipinski definition) is 8. The van der Waals surface area contributed by atoms with Crippen LogP contribution in [-0.4, -0.2) is 40.5 Å². The van der Waals surface area contributed by atoms with Gasteiger partial charge in [0.25, 0.3) is 5.91 Å². The first kappa shape index (κ1) is 22.1. The summed E-state index contributed by atoms with van der Waals surface area (Å²) in [6, 6.07) is 9.31. The smallest absolute Gasteiger partial charge is 0.359 e. The lowest BCUT2D eigenvalue weighted by molar-refractivity contribution is -0.123. The topological polar surface area (TPSA) is 107 Å². The molecule has 0 aliphatic rings. The predicted molar refractivity (Wildman–Crippen MR) is 116 cm³/mol. The van der Waals surface area contributed by atoms with Gasteiger partial charge in [0.2, 0.25) is 0 Å². The van der Waals surface area contributed by atoms with E-state index in [4.69, 9.17) is 9.47 Å². The summed E-state index contributed by atoms with van der Waals surface area (Å²) in [4.78, 5) is 45.4. The summed E-state index contributed by atoms with van der Waals surface area (Å²) >= 11 is 1.19. The molecule has 1 unspecified atom stereocenters. The number of ether oxygens (including phenoxy) is 2. The van der Waals surface area contributed by atoms with Crippen LogP contribution in [0.3, 0.4) is 0 Å². The first-order valence-corrected chi connectivity index (χ1v) is 10.4. The number of aromatic nitrogens is 2. The number of rotatable bonds is 7. The maximum absolute atomic E-state index is 12.6. The second-order valence-corrected chi connectivity index (χ2v) is 7.40. The molecule has 31 heavy (non-hydrogen) atoms. The van der Waals surface area contributed by atoms with Gasteiger partial charge in [-0.1, -0.05) is 30.3 Å². The van der Waals surface area contributed by atoms with E-state index in [2.05, 4.69) is 15.3 Å². The summed E-state index contributed by atoms with van der Waals surface area (Å²) in [7, 11) is 0. The van der Waals surface area contributed by atoms with Crippen molar-refractivity contribution in [3.63, 3.8) is 0 Å². The second-order valence-electron chi connectivity index (χ2n) is 6.52. The molecule has 1 amide bonds. The zero-order valence-corrected chi connectivity index (χ0v) is 18.1. The summed E-state index contributed by atoms with van der Waals surface area (Å²) in [5.74, 6) is -1.89. The standard InChI is InChI=1S/C22H21N3O5S/c1-4-29-22(28)18-16(15-8-6-5-7-9-15)12-31-20(18)25-19(26)14(3)30-21(27)17-11-23-13(2)10-24-17/h5-12,14H,4H2,1-3H3,(H,25,26). The number of anilines is 1. The maximum atomic E-state index is 12.6. The fourth-order valence-electron chi connectivity index (χ4n) is 2.67. The molecule has 2 aromatic heterocycles. The monoisotopic (exact) mass is 439 g/mol. The molecule has 0 saturated carbocycles. The Balaban J connectivity index is 1.78. The summed E-state index contributed by atoms with van der Waals surface area (Å²) in [5, 5.41) is 4.76. The number of carbonyl (C=O) groups is 3. The van der Waals surface area contributed by atoms with E-state index in [1.54, 1.807) is 19.2 Å². The van der Waals surface area contributed by atoms with Crippen molar-refractivity contribution in [3.05, 3.63) is 65.1 Å². The van der Waals surface area contributed by atoms with Gasteiger partial charge >= 0.3 is 11.9 Å². The molecule has 9 heteroatoms. The van der Waals surface area contributed by atoms with Crippen LogP contribution in [-0.2, 0) is 14.3 Å². The van der Waals surface area contributed by atoms with Crippen molar-refractivity contribution in [2.24, 2.45) is 0 Å². The van der Waals surface area contributed by atoms with Gasteiger partial charge in [-0.05, 0) is 26.3 Å². The van der Waals surface area contributed by atoms with Gasteiger partial charge in [0.05, 0.1) is 18.5 Å². The number of carbonyl (C=O) groups excluding carboxylic acids is 3. The summed E-state index contributed by atoms with van der Waals surface area (Å²) in [5.41, 5.74) is 2.38. The Morgan fingerprint density at radius 2 is 1.84 bits per heavy atom. The molecule has 1 aromatic carbocycles. The molecular formula is C22H21N3O5S. The van der Waals surface area contributed by atoms with Crippen LogP contribution in [0.25, 0.3) is 11.1 Å². The molecule has 0 fully saturated rings. The Morgan fingerprint density at radius 1 is 1.10 bits per heavy atom. The molecule has 0 bridgehead atoms. The first-order valence-electron chi connectivity index (χ1n) is 9.55. The minimum Gasteiger partial charge on any atom is -0.462 e. The minimum atomic E-state index is -1.12. The molecule has 3 aromatic rings. The van der Waals surface area contributed by atoms with Gasteiger partial charge in [-0.25, -0.2) is 14.6 Å². The summed E-state index contributed by atoms with van der Waals surface area (Å²) < 4.78 is 10.4. The lowest BCUT2D eigenvalue weighted by Crippen LogP contribution is -2.30. The van der Waals surface area contributed by atoms with Crippen molar-refractivity contribution in [1.29, 1.82) is 0 Å². The Morgan fingerprint density at radius 3 is 2.48 bits per heavy atom. The van der Waals surface area contributed by atoms with E-state index in [0.717, 1.165) is 5.56 Å². The molecular weight excluding hydrogens is 418 g/mol. The second kappa shape index (κ2) is 9.94. The van der Waals surface area contributed by atoms with E-state index in [0.29, 0.717) is 16.3 Å². The predicted octanol–water partition coefficient (Wildman–Crippen LogP) is 3.87. The van der Waals surface area contributed by atoms with E-state index in [9.17, 15) is 14.4 Å². The highest BCUT2D eigenvalue weighted by molar-refractivity contribution is 7.15. The normalized spacial score (nSPS) is 11.5. The van der Waals surface area contributed by atoms with Crippen LogP contribution < -0.4 is 5.32 Å². The van der Waals surface area contributed by atoms with Gasteiger partial charge in [0.15, 0.2) is 11.8 Å². The fourth-order valence-corrected chi connectivity index (χ4v) is 3.63. The molecule has 160 valence electrons. The molecule has 2 heterocycles. The minimum absolute atomic E-state index is 0.0000462. The zero-order valence-electron chi connectivity index (χ0n) is 17.2. The van der Waals surface area contributed by atoms with Crippen molar-refractivity contribution in [3.8, 4) is 11.1 Å². The molecule has 0 aliphatic carbocycles. The number of benzene rings is 1. The van der Waals surface area contributed by atoms with Crippen molar-refractivity contribution in [1.82, 2.24) is 9.97 Å². The van der Waals surface area contributed by atoms with Gasteiger partial charge in [-0.2, -0.15) is 0 Å². The van der Waals surface area contributed by atoms with Crippen LogP contribution in [0, 0.1) is 6.92 Å². The third kappa shape index (κ3) is 5.32. The van der Waals surface area contributed by atoms with Crippen LogP contribution in [0.5, 0.6) is 0 Å². The maximum Gasteiger partial charge on any atom is 0.359 e. The molecule has 0 spiro atoms. The van der Waals surface area contributed by atoms with Gasteiger partial charge in [0.1, 0.15) is 10.6 Å². The van der Waals surface area contributed by atoms with Crippen LogP contribution >= 0.6 is 11.3 Å². The lowest BCUT2D eigenvalue weighted by atomic mass is 10.0. The van der Waals surface area contributed by atoms with E-state index in [1.165, 1.54) is 30.7 Å². The van der Waals surface area contributed by atoms with Crippen LogP contribution in [0.2, 0.25) is 0 Å². The Bertz CT molecular complexity index is 1080. The lowest BCUT2D eigenvalue weighted by Gasteiger charge is -2.13. The molecule has 1 N–H and O–H groups in total. The first-order chi connectivity index (χ1) is 14.9. The fraction of sp³-hybridized carbons (Fsp3) is 0.227. The van der Waals surface area contributed by atoms with E-state index in [1.807, 2.05) is 30.3 Å². The highest BCUT2D eigenvalue weighted by Crippen LogP contribution is 2.36. The van der Waals surface area contributed by atoms with Crippen molar-refractivity contribution < 1.29 is 23.9 Å². The summed E-state index contributed by atoms with van der Waals surface area (Å²) in [6.07, 6.45) is 1.60. The Kier molecular flexibility index (Phi) is 7.09. The molecule has 1 atom stereocenters. The molecule has 0 saturated heterocycles. The van der Waals surface area contributed by atoms with Crippen molar-refractivity contribution >= 4 is 34.2 Å². The third-order valence-corrected chi connectivity index (χ3v) is 5.13. The highest BCUT2D eigenvalue weighted by atomic mass is 32.1. The number of hydrogen-bond donors (Lipinski definition) is 1. The van der Waals surface area contributed by atoms with Crippen molar-refractivity contribution in [2.75, 3.05) is 11.9 Å². The van der Waals surface area contributed by atoms with E-state index < -0.39 is 23.9 Å². The molecule has 0 radical (unpaired) electrons. The van der Waals surface area contributed by atoms with Gasteiger partial charge in [-0.15, -0.1) is 11.3 Å².